The summed E-state index contributed by atoms with van der Waals surface area (Å²) in [6, 6.07) is 12.6. The number of fused-ring (bicyclic) bond motifs is 1. The van der Waals surface area contributed by atoms with Crippen LogP contribution in [0.1, 0.15) is 5.56 Å². The van der Waals surface area contributed by atoms with Crippen molar-refractivity contribution in [3.8, 4) is 5.75 Å². The van der Waals surface area contributed by atoms with E-state index in [0.29, 0.717) is 6.61 Å². The van der Waals surface area contributed by atoms with E-state index in [9.17, 15) is 4.39 Å². The number of benzene rings is 2. The molecule has 0 bridgehead atoms. The van der Waals surface area contributed by atoms with Crippen LogP contribution in [0.3, 0.4) is 0 Å². The second-order valence-electron chi connectivity index (χ2n) is 4.51. The maximum absolute atomic E-state index is 12.9. The number of hydrogen-bond acceptors (Lipinski definition) is 2. The Kier molecular flexibility index (Phi) is 3.42. The summed E-state index contributed by atoms with van der Waals surface area (Å²) in [5.74, 6) is 0.699. The highest BCUT2D eigenvalue weighted by atomic mass is 79.9. The van der Waals surface area contributed by atoms with Crippen LogP contribution in [0.2, 0.25) is 0 Å². The highest BCUT2D eigenvalue weighted by Crippen LogP contribution is 2.34. The molecular formula is C15H13BrFNO. The van der Waals surface area contributed by atoms with Gasteiger partial charge in [-0.25, -0.2) is 4.39 Å². The van der Waals surface area contributed by atoms with Crippen LogP contribution in [0.4, 0.5) is 10.1 Å². The highest BCUT2D eigenvalue weighted by molar-refractivity contribution is 9.10. The Morgan fingerprint density at radius 1 is 1.16 bits per heavy atom. The largest absolute Gasteiger partial charge is 0.490 e. The SMILES string of the molecule is Fc1ccc(CN2CCOc3ccc(Br)cc32)cc1. The van der Waals surface area contributed by atoms with Gasteiger partial charge in [0, 0.05) is 11.0 Å². The number of rotatable bonds is 2. The zero-order valence-electron chi connectivity index (χ0n) is 10.3. The predicted octanol–water partition coefficient (Wildman–Crippen LogP) is 3.99. The summed E-state index contributed by atoms with van der Waals surface area (Å²) in [6.07, 6.45) is 0. The first-order valence-electron chi connectivity index (χ1n) is 6.14. The van der Waals surface area contributed by atoms with Crippen LogP contribution in [0.25, 0.3) is 0 Å². The predicted molar refractivity (Wildman–Crippen MR) is 77.1 cm³/mol. The fourth-order valence-electron chi connectivity index (χ4n) is 2.22. The molecule has 1 aliphatic heterocycles. The van der Waals surface area contributed by atoms with E-state index in [2.05, 4.69) is 26.9 Å². The lowest BCUT2D eigenvalue weighted by Crippen LogP contribution is -2.32. The number of anilines is 1. The molecule has 0 aromatic heterocycles. The number of ether oxygens (including phenoxy) is 1. The summed E-state index contributed by atoms with van der Waals surface area (Å²) < 4.78 is 19.6. The van der Waals surface area contributed by atoms with Gasteiger partial charge in [-0.1, -0.05) is 28.1 Å². The summed E-state index contributed by atoms with van der Waals surface area (Å²) in [7, 11) is 0. The molecule has 2 aromatic rings. The first-order valence-corrected chi connectivity index (χ1v) is 6.93. The molecule has 19 heavy (non-hydrogen) atoms. The maximum atomic E-state index is 12.9. The maximum Gasteiger partial charge on any atom is 0.142 e. The average Bonchev–Trinajstić information content (AvgIpc) is 2.42. The van der Waals surface area contributed by atoms with E-state index in [1.807, 2.05) is 24.3 Å². The molecule has 3 rings (SSSR count). The quantitative estimate of drug-likeness (QED) is 0.829. The van der Waals surface area contributed by atoms with Crippen LogP contribution in [-0.2, 0) is 6.54 Å². The van der Waals surface area contributed by atoms with Crippen molar-refractivity contribution in [2.45, 2.75) is 6.54 Å². The molecule has 0 spiro atoms. The third-order valence-electron chi connectivity index (χ3n) is 3.17. The molecule has 2 aromatic carbocycles. The van der Waals surface area contributed by atoms with Gasteiger partial charge in [-0.15, -0.1) is 0 Å². The van der Waals surface area contributed by atoms with Crippen molar-refractivity contribution in [3.63, 3.8) is 0 Å². The summed E-state index contributed by atoms with van der Waals surface area (Å²) >= 11 is 3.48. The van der Waals surface area contributed by atoms with Crippen molar-refractivity contribution in [2.75, 3.05) is 18.1 Å². The van der Waals surface area contributed by atoms with E-state index in [1.54, 1.807) is 0 Å². The second-order valence-corrected chi connectivity index (χ2v) is 5.42. The highest BCUT2D eigenvalue weighted by Gasteiger charge is 2.18. The summed E-state index contributed by atoms with van der Waals surface area (Å²) in [4.78, 5) is 2.25. The molecule has 4 heteroatoms. The molecule has 0 saturated carbocycles. The first-order chi connectivity index (χ1) is 9.22. The second kappa shape index (κ2) is 5.21. The van der Waals surface area contributed by atoms with Gasteiger partial charge in [-0.05, 0) is 35.9 Å². The zero-order valence-corrected chi connectivity index (χ0v) is 11.9. The van der Waals surface area contributed by atoms with Crippen LogP contribution in [0.15, 0.2) is 46.9 Å². The Hall–Kier alpha value is -1.55. The van der Waals surface area contributed by atoms with Crippen molar-refractivity contribution in [3.05, 3.63) is 58.3 Å². The van der Waals surface area contributed by atoms with Gasteiger partial charge in [0.15, 0.2) is 0 Å². The van der Waals surface area contributed by atoms with E-state index in [1.165, 1.54) is 12.1 Å². The summed E-state index contributed by atoms with van der Waals surface area (Å²) in [5.41, 5.74) is 2.17. The van der Waals surface area contributed by atoms with E-state index in [4.69, 9.17) is 4.74 Å². The number of nitrogens with zero attached hydrogens (tertiary/aromatic N) is 1. The summed E-state index contributed by atoms with van der Waals surface area (Å²) in [5, 5.41) is 0. The fourth-order valence-corrected chi connectivity index (χ4v) is 2.57. The Morgan fingerprint density at radius 3 is 2.74 bits per heavy atom. The lowest BCUT2D eigenvalue weighted by Gasteiger charge is -2.31. The van der Waals surface area contributed by atoms with Crippen molar-refractivity contribution in [1.82, 2.24) is 0 Å². The number of hydrogen-bond donors (Lipinski definition) is 0. The molecule has 0 saturated heterocycles. The smallest absolute Gasteiger partial charge is 0.142 e. The lowest BCUT2D eigenvalue weighted by atomic mass is 10.1. The van der Waals surface area contributed by atoms with Gasteiger partial charge < -0.3 is 9.64 Å². The molecule has 0 atom stereocenters. The van der Waals surface area contributed by atoms with E-state index >= 15 is 0 Å². The van der Waals surface area contributed by atoms with E-state index in [0.717, 1.165) is 34.6 Å². The summed E-state index contributed by atoms with van der Waals surface area (Å²) in [6.45, 7) is 2.27. The van der Waals surface area contributed by atoms with Gasteiger partial charge in [0.25, 0.3) is 0 Å². The Morgan fingerprint density at radius 2 is 1.95 bits per heavy atom. The molecule has 1 heterocycles. The van der Waals surface area contributed by atoms with Gasteiger partial charge in [0.1, 0.15) is 18.2 Å². The first kappa shape index (κ1) is 12.5. The molecule has 0 radical (unpaired) electrons. The molecule has 0 aliphatic carbocycles. The molecule has 1 aliphatic rings. The standard InChI is InChI=1S/C15H13BrFNO/c16-12-3-6-15-14(9-12)18(7-8-19-15)10-11-1-4-13(17)5-2-11/h1-6,9H,7-8,10H2. The molecule has 0 N–H and O–H groups in total. The van der Waals surface area contributed by atoms with Crippen molar-refractivity contribution >= 4 is 21.6 Å². The third kappa shape index (κ3) is 2.73. The van der Waals surface area contributed by atoms with Gasteiger partial charge in [-0.3, -0.25) is 0 Å². The molecule has 0 amide bonds. The number of halogens is 2. The monoisotopic (exact) mass is 321 g/mol. The lowest BCUT2D eigenvalue weighted by molar-refractivity contribution is 0.307. The normalized spacial score (nSPS) is 13.9. The molecule has 98 valence electrons. The van der Waals surface area contributed by atoms with Gasteiger partial charge >= 0.3 is 0 Å². The van der Waals surface area contributed by atoms with Gasteiger partial charge in [0.2, 0.25) is 0 Å². The van der Waals surface area contributed by atoms with Crippen molar-refractivity contribution in [2.24, 2.45) is 0 Å². The molecule has 2 nitrogen and oxygen atoms in total. The van der Waals surface area contributed by atoms with Crippen LogP contribution in [-0.4, -0.2) is 13.2 Å². The van der Waals surface area contributed by atoms with Gasteiger partial charge in [0.05, 0.1) is 12.2 Å². The van der Waals surface area contributed by atoms with Crippen molar-refractivity contribution in [1.29, 1.82) is 0 Å². The topological polar surface area (TPSA) is 12.5 Å². The van der Waals surface area contributed by atoms with Crippen LogP contribution in [0, 0.1) is 5.82 Å². The molecule has 0 unspecified atom stereocenters. The Labute approximate surface area is 119 Å². The molecule has 0 fully saturated rings. The minimum Gasteiger partial charge on any atom is -0.490 e. The Bertz CT molecular complexity index is 585. The van der Waals surface area contributed by atoms with Crippen LogP contribution < -0.4 is 9.64 Å². The fraction of sp³-hybridized carbons (Fsp3) is 0.200. The minimum atomic E-state index is -0.200. The van der Waals surface area contributed by atoms with Crippen molar-refractivity contribution < 1.29 is 9.13 Å². The third-order valence-corrected chi connectivity index (χ3v) is 3.66. The van der Waals surface area contributed by atoms with Gasteiger partial charge in [-0.2, -0.15) is 0 Å². The van der Waals surface area contributed by atoms with E-state index < -0.39 is 0 Å². The van der Waals surface area contributed by atoms with E-state index in [-0.39, 0.29) is 5.82 Å². The molecular weight excluding hydrogens is 309 g/mol. The minimum absolute atomic E-state index is 0.200. The average molecular weight is 322 g/mol. The van der Waals surface area contributed by atoms with Crippen LogP contribution in [0.5, 0.6) is 5.75 Å². The zero-order chi connectivity index (χ0) is 13.2. The van der Waals surface area contributed by atoms with Crippen LogP contribution >= 0.6 is 15.9 Å². The Balaban J connectivity index is 1.87.